The molecule has 0 atom stereocenters. The van der Waals surface area contributed by atoms with E-state index >= 15 is 0 Å². The molecule has 2 rings (SSSR count). The highest BCUT2D eigenvalue weighted by atomic mass is 32.2. The van der Waals surface area contributed by atoms with Gasteiger partial charge in [0, 0.05) is 12.7 Å². The molecule has 1 heterocycles. The molecule has 1 aliphatic rings. The van der Waals surface area contributed by atoms with Crippen LogP contribution in [0, 0.1) is 12.8 Å². The standard InChI is InChI=1S/C10H17N3O2S/c1-8-12-10(16(11,14)15)7-13(8)6-9-4-2-3-5-9/h7,9H,2-6H2,1H3,(H2,11,14,15). The van der Waals surface area contributed by atoms with Crippen LogP contribution in [0.4, 0.5) is 0 Å². The predicted molar refractivity (Wildman–Crippen MR) is 60.3 cm³/mol. The van der Waals surface area contributed by atoms with Gasteiger partial charge in [-0.05, 0) is 25.7 Å². The van der Waals surface area contributed by atoms with Crippen molar-refractivity contribution in [2.45, 2.75) is 44.2 Å². The molecule has 0 radical (unpaired) electrons. The van der Waals surface area contributed by atoms with Crippen molar-refractivity contribution in [2.24, 2.45) is 11.1 Å². The number of rotatable bonds is 3. The van der Waals surface area contributed by atoms with Gasteiger partial charge in [-0.1, -0.05) is 12.8 Å². The Kier molecular flexibility index (Phi) is 3.03. The molecule has 0 aromatic carbocycles. The molecule has 0 aliphatic heterocycles. The van der Waals surface area contributed by atoms with Crippen LogP contribution in [0.15, 0.2) is 11.2 Å². The Balaban J connectivity index is 2.18. The molecular formula is C10H17N3O2S. The number of aryl methyl sites for hydroxylation is 1. The van der Waals surface area contributed by atoms with E-state index in [1.165, 1.54) is 25.7 Å². The van der Waals surface area contributed by atoms with E-state index in [0.717, 1.165) is 12.4 Å². The Bertz CT molecular complexity index is 472. The Labute approximate surface area is 95.7 Å². The van der Waals surface area contributed by atoms with Gasteiger partial charge < -0.3 is 4.57 Å². The van der Waals surface area contributed by atoms with Crippen molar-refractivity contribution in [3.05, 3.63) is 12.0 Å². The molecule has 6 heteroatoms. The molecule has 0 saturated heterocycles. The monoisotopic (exact) mass is 243 g/mol. The molecule has 1 aromatic heterocycles. The van der Waals surface area contributed by atoms with Gasteiger partial charge in [-0.2, -0.15) is 0 Å². The zero-order valence-corrected chi connectivity index (χ0v) is 10.2. The summed E-state index contributed by atoms with van der Waals surface area (Å²) in [4.78, 5) is 3.97. The van der Waals surface area contributed by atoms with E-state index in [9.17, 15) is 8.42 Å². The molecule has 0 bridgehead atoms. The van der Waals surface area contributed by atoms with Gasteiger partial charge in [0.15, 0.2) is 5.03 Å². The van der Waals surface area contributed by atoms with E-state index in [1.54, 1.807) is 6.20 Å². The van der Waals surface area contributed by atoms with Crippen LogP contribution >= 0.6 is 0 Å². The van der Waals surface area contributed by atoms with Crippen LogP contribution < -0.4 is 5.14 Å². The van der Waals surface area contributed by atoms with Crippen molar-refractivity contribution >= 4 is 10.0 Å². The van der Waals surface area contributed by atoms with Gasteiger partial charge in [-0.3, -0.25) is 0 Å². The third-order valence-electron chi connectivity index (χ3n) is 3.18. The fourth-order valence-corrected chi connectivity index (χ4v) is 2.81. The summed E-state index contributed by atoms with van der Waals surface area (Å²) in [5, 5.41) is 5.02. The van der Waals surface area contributed by atoms with Crippen LogP contribution in [0.3, 0.4) is 0 Å². The van der Waals surface area contributed by atoms with Crippen molar-refractivity contribution in [1.29, 1.82) is 0 Å². The minimum atomic E-state index is -3.67. The molecule has 1 saturated carbocycles. The molecule has 0 unspecified atom stereocenters. The molecule has 2 N–H and O–H groups in total. The third-order valence-corrected chi connectivity index (χ3v) is 3.95. The fraction of sp³-hybridized carbons (Fsp3) is 0.700. The zero-order chi connectivity index (χ0) is 11.8. The van der Waals surface area contributed by atoms with Crippen LogP contribution in [-0.2, 0) is 16.6 Å². The van der Waals surface area contributed by atoms with Gasteiger partial charge >= 0.3 is 0 Å². The molecule has 1 aromatic rings. The summed E-state index contributed by atoms with van der Waals surface area (Å²) in [6, 6.07) is 0. The number of hydrogen-bond donors (Lipinski definition) is 1. The van der Waals surface area contributed by atoms with E-state index in [-0.39, 0.29) is 5.03 Å². The molecule has 1 fully saturated rings. The highest BCUT2D eigenvalue weighted by Crippen LogP contribution is 2.26. The average Bonchev–Trinajstić information content (AvgIpc) is 2.76. The maximum Gasteiger partial charge on any atom is 0.257 e. The van der Waals surface area contributed by atoms with Gasteiger partial charge in [-0.15, -0.1) is 0 Å². The van der Waals surface area contributed by atoms with E-state index in [2.05, 4.69) is 4.98 Å². The van der Waals surface area contributed by atoms with Gasteiger partial charge in [0.25, 0.3) is 10.0 Å². The lowest BCUT2D eigenvalue weighted by molar-refractivity contribution is 0.451. The Morgan fingerprint density at radius 1 is 1.50 bits per heavy atom. The largest absolute Gasteiger partial charge is 0.333 e. The fourth-order valence-electron chi connectivity index (χ4n) is 2.27. The van der Waals surface area contributed by atoms with Gasteiger partial charge in [0.1, 0.15) is 5.82 Å². The second kappa shape index (κ2) is 4.18. The first kappa shape index (κ1) is 11.6. The molecular weight excluding hydrogens is 226 g/mol. The summed E-state index contributed by atoms with van der Waals surface area (Å²) in [6.07, 6.45) is 6.55. The first-order valence-corrected chi connectivity index (χ1v) is 7.08. The van der Waals surface area contributed by atoms with E-state index < -0.39 is 10.0 Å². The van der Waals surface area contributed by atoms with Gasteiger partial charge in [-0.25, -0.2) is 18.5 Å². The normalized spacial score (nSPS) is 18.1. The lowest BCUT2D eigenvalue weighted by Crippen LogP contribution is -2.12. The van der Waals surface area contributed by atoms with Crippen molar-refractivity contribution in [3.8, 4) is 0 Å². The van der Waals surface area contributed by atoms with Crippen molar-refractivity contribution < 1.29 is 8.42 Å². The van der Waals surface area contributed by atoms with E-state index in [0.29, 0.717) is 5.92 Å². The Hall–Kier alpha value is -0.880. The minimum Gasteiger partial charge on any atom is -0.333 e. The predicted octanol–water partition coefficient (Wildman–Crippen LogP) is 1.03. The summed E-state index contributed by atoms with van der Waals surface area (Å²) in [5.41, 5.74) is 0. The first-order chi connectivity index (χ1) is 7.47. The van der Waals surface area contributed by atoms with Crippen molar-refractivity contribution in [2.75, 3.05) is 0 Å². The number of nitrogens with zero attached hydrogens (tertiary/aromatic N) is 2. The molecule has 5 nitrogen and oxygen atoms in total. The number of imidazole rings is 1. The number of nitrogens with two attached hydrogens (primary N) is 1. The van der Waals surface area contributed by atoms with Crippen LogP contribution in [0.2, 0.25) is 0 Å². The van der Waals surface area contributed by atoms with Crippen LogP contribution in [0.5, 0.6) is 0 Å². The van der Waals surface area contributed by atoms with Crippen LogP contribution in [0.1, 0.15) is 31.5 Å². The molecule has 16 heavy (non-hydrogen) atoms. The number of aromatic nitrogens is 2. The highest BCUT2D eigenvalue weighted by Gasteiger charge is 2.19. The second-order valence-electron chi connectivity index (χ2n) is 4.47. The summed E-state index contributed by atoms with van der Waals surface area (Å²) in [6.45, 7) is 2.66. The van der Waals surface area contributed by atoms with Crippen molar-refractivity contribution in [3.63, 3.8) is 0 Å². The first-order valence-electron chi connectivity index (χ1n) is 5.53. The Morgan fingerprint density at radius 2 is 2.12 bits per heavy atom. The molecule has 0 amide bonds. The van der Waals surface area contributed by atoms with Gasteiger partial charge in [0.05, 0.1) is 0 Å². The maximum absolute atomic E-state index is 11.1. The van der Waals surface area contributed by atoms with E-state index in [4.69, 9.17) is 5.14 Å². The number of hydrogen-bond acceptors (Lipinski definition) is 3. The van der Waals surface area contributed by atoms with Crippen LogP contribution in [-0.4, -0.2) is 18.0 Å². The minimum absolute atomic E-state index is 0.0250. The molecule has 90 valence electrons. The zero-order valence-electron chi connectivity index (χ0n) is 9.39. The Morgan fingerprint density at radius 3 is 2.62 bits per heavy atom. The summed E-state index contributed by atoms with van der Waals surface area (Å²) in [7, 11) is -3.67. The SMILES string of the molecule is Cc1nc(S(N)(=O)=O)cn1CC1CCCC1. The highest BCUT2D eigenvalue weighted by molar-refractivity contribution is 7.89. The summed E-state index contributed by atoms with van der Waals surface area (Å²) in [5.74, 6) is 1.37. The topological polar surface area (TPSA) is 78.0 Å². The average molecular weight is 243 g/mol. The van der Waals surface area contributed by atoms with E-state index in [1.807, 2.05) is 11.5 Å². The second-order valence-corrected chi connectivity index (χ2v) is 5.98. The quantitative estimate of drug-likeness (QED) is 0.861. The maximum atomic E-state index is 11.1. The molecule has 1 aliphatic carbocycles. The lowest BCUT2D eigenvalue weighted by Gasteiger charge is -2.10. The van der Waals surface area contributed by atoms with Crippen LogP contribution in [0.25, 0.3) is 0 Å². The smallest absolute Gasteiger partial charge is 0.257 e. The number of sulfonamides is 1. The lowest BCUT2D eigenvalue weighted by atomic mass is 10.1. The van der Waals surface area contributed by atoms with Crippen molar-refractivity contribution in [1.82, 2.24) is 9.55 Å². The third kappa shape index (κ3) is 2.44. The summed E-state index contributed by atoms with van der Waals surface area (Å²) < 4.78 is 24.2. The number of primary sulfonamides is 1. The van der Waals surface area contributed by atoms with Gasteiger partial charge in [0.2, 0.25) is 0 Å². The summed E-state index contributed by atoms with van der Waals surface area (Å²) >= 11 is 0. The molecule has 0 spiro atoms.